The molecule has 5 unspecified atom stereocenters. The van der Waals surface area contributed by atoms with E-state index in [9.17, 15) is 33.9 Å². The lowest BCUT2D eigenvalue weighted by atomic mass is 9.96. The summed E-state index contributed by atoms with van der Waals surface area (Å²) in [5.74, 6) is -5.35. The van der Waals surface area contributed by atoms with Crippen LogP contribution in [0.5, 0.6) is 0 Å². The van der Waals surface area contributed by atoms with Gasteiger partial charge in [-0.15, -0.1) is 0 Å². The molecule has 15 heteroatoms. The molecule has 37 heavy (non-hydrogen) atoms. The van der Waals surface area contributed by atoms with Crippen molar-refractivity contribution < 1.29 is 33.9 Å². The first-order chi connectivity index (χ1) is 17.3. The second kappa shape index (κ2) is 15.2. The lowest BCUT2D eigenvalue weighted by molar-refractivity contribution is -0.142. The van der Waals surface area contributed by atoms with Crippen LogP contribution in [0.2, 0.25) is 0 Å². The number of H-pyrrole nitrogens is 1. The number of aliphatic carboxylic acids is 1. The Morgan fingerprint density at radius 2 is 1.54 bits per heavy atom. The van der Waals surface area contributed by atoms with Crippen LogP contribution in [0.15, 0.2) is 12.5 Å². The summed E-state index contributed by atoms with van der Waals surface area (Å²) in [5, 5.41) is 16.9. The highest BCUT2D eigenvalue weighted by molar-refractivity contribution is 5.94. The maximum absolute atomic E-state index is 13.1. The Hall–Kier alpha value is -4.01. The number of carbonyl (C=O) groups excluding carboxylic acids is 5. The van der Waals surface area contributed by atoms with Gasteiger partial charge in [0.05, 0.1) is 12.4 Å². The van der Waals surface area contributed by atoms with E-state index in [1.807, 2.05) is 0 Å². The molecule has 15 nitrogen and oxygen atoms in total. The molecule has 1 aromatic rings. The minimum Gasteiger partial charge on any atom is -0.480 e. The lowest BCUT2D eigenvalue weighted by Gasteiger charge is -2.28. The Labute approximate surface area is 213 Å². The molecule has 206 valence electrons. The third-order valence-electron chi connectivity index (χ3n) is 5.74. The smallest absolute Gasteiger partial charge is 0.326 e. The van der Waals surface area contributed by atoms with Crippen molar-refractivity contribution in [2.24, 2.45) is 23.1 Å². The van der Waals surface area contributed by atoms with E-state index >= 15 is 0 Å². The van der Waals surface area contributed by atoms with E-state index < -0.39 is 59.7 Å². The number of carbonyl (C=O) groups is 6. The van der Waals surface area contributed by atoms with Crippen molar-refractivity contribution in [3.8, 4) is 0 Å². The molecule has 1 aromatic heterocycles. The largest absolute Gasteiger partial charge is 0.480 e. The monoisotopic (exact) mass is 524 g/mol. The number of rotatable bonds is 17. The number of imidazole rings is 1. The van der Waals surface area contributed by atoms with Gasteiger partial charge in [-0.25, -0.2) is 9.78 Å². The zero-order valence-corrected chi connectivity index (χ0v) is 20.9. The summed E-state index contributed by atoms with van der Waals surface area (Å²) >= 11 is 0. The van der Waals surface area contributed by atoms with Gasteiger partial charge in [0.2, 0.25) is 29.5 Å². The molecule has 0 aliphatic heterocycles. The third kappa shape index (κ3) is 11.1. The summed E-state index contributed by atoms with van der Waals surface area (Å²) in [7, 11) is 0. The Morgan fingerprint density at radius 1 is 0.946 bits per heavy atom. The zero-order chi connectivity index (χ0) is 28.1. The second-order valence-electron chi connectivity index (χ2n) is 8.73. The molecule has 0 fully saturated rings. The highest BCUT2D eigenvalue weighted by Gasteiger charge is 2.32. The van der Waals surface area contributed by atoms with Crippen LogP contribution in [-0.4, -0.2) is 74.7 Å². The van der Waals surface area contributed by atoms with Crippen molar-refractivity contribution in [2.75, 3.05) is 0 Å². The molecule has 0 saturated carbocycles. The number of carboxylic acid groups (broad SMARTS) is 1. The van der Waals surface area contributed by atoms with E-state index in [1.165, 1.54) is 12.5 Å². The molecule has 0 bridgehead atoms. The number of carboxylic acids is 1. The Morgan fingerprint density at radius 3 is 2.05 bits per heavy atom. The number of amides is 5. The van der Waals surface area contributed by atoms with E-state index in [0.717, 1.165) is 0 Å². The molecule has 5 atom stereocenters. The van der Waals surface area contributed by atoms with Crippen LogP contribution in [0.4, 0.5) is 0 Å². The number of nitrogens with zero attached hydrogens (tertiary/aromatic N) is 1. The first-order valence-corrected chi connectivity index (χ1v) is 11.8. The van der Waals surface area contributed by atoms with Gasteiger partial charge in [-0.1, -0.05) is 20.3 Å². The molecule has 1 rings (SSSR count). The highest BCUT2D eigenvalue weighted by atomic mass is 16.4. The molecule has 1 heterocycles. The first kappa shape index (κ1) is 31.0. The van der Waals surface area contributed by atoms with Crippen LogP contribution in [0.25, 0.3) is 0 Å². The van der Waals surface area contributed by atoms with E-state index in [4.69, 9.17) is 17.2 Å². The highest BCUT2D eigenvalue weighted by Crippen LogP contribution is 2.11. The van der Waals surface area contributed by atoms with Gasteiger partial charge in [0.15, 0.2) is 0 Å². The zero-order valence-electron chi connectivity index (χ0n) is 20.9. The number of hydrogen-bond acceptors (Lipinski definition) is 8. The van der Waals surface area contributed by atoms with Crippen molar-refractivity contribution in [3.63, 3.8) is 0 Å². The molecule has 5 amide bonds. The first-order valence-electron chi connectivity index (χ1n) is 11.8. The Balaban J connectivity index is 3.02. The average molecular weight is 525 g/mol. The summed E-state index contributed by atoms with van der Waals surface area (Å²) in [6.45, 7) is 3.48. The summed E-state index contributed by atoms with van der Waals surface area (Å²) in [5.41, 5.74) is 16.5. The molecule has 0 saturated heterocycles. The molecule has 0 aromatic carbocycles. The van der Waals surface area contributed by atoms with Gasteiger partial charge < -0.3 is 43.2 Å². The van der Waals surface area contributed by atoms with Crippen LogP contribution in [-0.2, 0) is 35.2 Å². The fourth-order valence-corrected chi connectivity index (χ4v) is 3.30. The molecule has 0 aliphatic rings. The summed E-state index contributed by atoms with van der Waals surface area (Å²) in [4.78, 5) is 79.2. The van der Waals surface area contributed by atoms with Crippen LogP contribution in [0, 0.1) is 5.92 Å². The number of hydrogen-bond donors (Lipinski definition) is 8. The van der Waals surface area contributed by atoms with Gasteiger partial charge in [-0.2, -0.15) is 0 Å². The van der Waals surface area contributed by atoms with Gasteiger partial charge >= 0.3 is 5.97 Å². The van der Waals surface area contributed by atoms with Crippen molar-refractivity contribution in [1.29, 1.82) is 0 Å². The van der Waals surface area contributed by atoms with Crippen LogP contribution in [0.3, 0.4) is 0 Å². The van der Waals surface area contributed by atoms with Gasteiger partial charge in [-0.05, 0) is 18.8 Å². The predicted molar refractivity (Wildman–Crippen MR) is 130 cm³/mol. The fraction of sp³-hybridized carbons (Fsp3) is 0.591. The predicted octanol–water partition coefficient (Wildman–Crippen LogP) is -2.60. The number of nitrogens with one attached hydrogen (secondary N) is 4. The van der Waals surface area contributed by atoms with Crippen LogP contribution in [0.1, 0.15) is 51.6 Å². The van der Waals surface area contributed by atoms with Gasteiger partial charge in [0.1, 0.15) is 18.1 Å². The number of aromatic amines is 1. The van der Waals surface area contributed by atoms with Gasteiger partial charge in [0, 0.05) is 31.2 Å². The lowest BCUT2D eigenvalue weighted by Crippen LogP contribution is -2.58. The summed E-state index contributed by atoms with van der Waals surface area (Å²) in [6, 6.07) is -4.88. The molecule has 11 N–H and O–H groups in total. The van der Waals surface area contributed by atoms with Crippen molar-refractivity contribution in [3.05, 3.63) is 18.2 Å². The number of aromatic nitrogens is 2. The van der Waals surface area contributed by atoms with E-state index in [1.54, 1.807) is 13.8 Å². The second-order valence-corrected chi connectivity index (χ2v) is 8.73. The van der Waals surface area contributed by atoms with Crippen molar-refractivity contribution >= 4 is 35.5 Å². The molecule has 0 radical (unpaired) electrons. The average Bonchev–Trinajstić information content (AvgIpc) is 3.35. The molecular formula is C22H36N8O7. The quantitative estimate of drug-likeness (QED) is 0.106. The molecular weight excluding hydrogens is 488 g/mol. The maximum atomic E-state index is 13.1. The Bertz CT molecular complexity index is 953. The molecule has 0 spiro atoms. The topological polar surface area (TPSA) is 265 Å². The van der Waals surface area contributed by atoms with Crippen LogP contribution >= 0.6 is 0 Å². The Kier molecular flexibility index (Phi) is 12.7. The number of nitrogens with two attached hydrogens (primary N) is 3. The van der Waals surface area contributed by atoms with Gasteiger partial charge in [0.25, 0.3) is 0 Å². The third-order valence-corrected chi connectivity index (χ3v) is 5.74. The minimum absolute atomic E-state index is 0.0213. The van der Waals surface area contributed by atoms with Crippen molar-refractivity contribution in [2.45, 2.75) is 76.5 Å². The van der Waals surface area contributed by atoms with E-state index in [0.29, 0.717) is 12.1 Å². The summed E-state index contributed by atoms with van der Waals surface area (Å²) in [6.07, 6.45) is 2.51. The summed E-state index contributed by atoms with van der Waals surface area (Å²) < 4.78 is 0. The maximum Gasteiger partial charge on any atom is 0.326 e. The normalized spacial score (nSPS) is 14.9. The number of primary amides is 2. The van der Waals surface area contributed by atoms with E-state index in [-0.39, 0.29) is 38.0 Å². The van der Waals surface area contributed by atoms with Crippen LogP contribution < -0.4 is 33.2 Å². The standard InChI is InChI=1S/C22H36N8O7/c1-3-11(2)18(30-19(33)13(23)4-6-16(24)31)21(35)28-14(5-7-17(25)32)20(34)29-15(22(36)37)8-12-9-26-10-27-12/h9-11,13-15,18H,3-8,23H2,1-2H3,(H2,24,31)(H2,25,32)(H,26,27)(H,28,35)(H,29,34)(H,30,33)(H,36,37). The SMILES string of the molecule is CCC(C)C(NC(=O)C(N)CCC(N)=O)C(=O)NC(CCC(N)=O)C(=O)NC(Cc1cnc[nH]1)C(=O)O. The van der Waals surface area contributed by atoms with Gasteiger partial charge in [-0.3, -0.25) is 24.0 Å². The van der Waals surface area contributed by atoms with E-state index in [2.05, 4.69) is 25.9 Å². The molecule has 0 aliphatic carbocycles. The van der Waals surface area contributed by atoms with Crippen molar-refractivity contribution in [1.82, 2.24) is 25.9 Å². The fourth-order valence-electron chi connectivity index (χ4n) is 3.30. The minimum atomic E-state index is -1.35.